The van der Waals surface area contributed by atoms with Gasteiger partial charge in [0.2, 0.25) is 0 Å². The smallest absolute Gasteiger partial charge is 0.410 e. The zero-order valence-electron chi connectivity index (χ0n) is 13.6. The molecule has 1 fully saturated rings. The lowest BCUT2D eigenvalue weighted by Gasteiger charge is -2.34. The summed E-state index contributed by atoms with van der Waals surface area (Å²) in [6.45, 7) is 8.46. The molecule has 0 aromatic carbocycles. The molecule has 0 radical (unpaired) electrons. The lowest BCUT2D eigenvalue weighted by molar-refractivity contribution is 0.0185. The number of nitrogens with one attached hydrogen (secondary N) is 1. The van der Waals surface area contributed by atoms with Gasteiger partial charge in [0.05, 0.1) is 6.26 Å². The summed E-state index contributed by atoms with van der Waals surface area (Å²) in [7, 11) is 0. The largest absolute Gasteiger partial charge is 0.459 e. The highest BCUT2D eigenvalue weighted by Gasteiger charge is 2.29. The number of likely N-dealkylation sites (tertiary alicyclic amines) is 1. The first-order chi connectivity index (χ1) is 10.3. The van der Waals surface area contributed by atoms with Crippen LogP contribution in [-0.4, -0.2) is 41.6 Å². The van der Waals surface area contributed by atoms with E-state index in [-0.39, 0.29) is 18.0 Å². The standard InChI is InChI=1S/C16H24N2O4/c1-11-7-9-21-13(11)14(19)17-12-6-5-8-18(10-12)15(20)22-16(2,3)4/h7,9,12H,5-6,8,10H2,1-4H3,(H,17,19)/t12-/m0/s1. The number of nitrogens with zero attached hydrogens (tertiary/aromatic N) is 1. The van der Waals surface area contributed by atoms with Gasteiger partial charge in [0, 0.05) is 24.7 Å². The van der Waals surface area contributed by atoms with E-state index in [4.69, 9.17) is 9.15 Å². The van der Waals surface area contributed by atoms with Crippen LogP contribution in [0.3, 0.4) is 0 Å². The number of ether oxygens (including phenoxy) is 1. The van der Waals surface area contributed by atoms with Crippen LogP contribution in [0.5, 0.6) is 0 Å². The molecule has 0 unspecified atom stereocenters. The average molecular weight is 308 g/mol. The van der Waals surface area contributed by atoms with Gasteiger partial charge in [0.1, 0.15) is 5.60 Å². The third-order valence-electron chi connectivity index (χ3n) is 3.48. The minimum Gasteiger partial charge on any atom is -0.459 e. The molecule has 1 atom stereocenters. The number of piperidine rings is 1. The monoisotopic (exact) mass is 308 g/mol. The van der Waals surface area contributed by atoms with Gasteiger partial charge in [-0.15, -0.1) is 0 Å². The van der Waals surface area contributed by atoms with Gasteiger partial charge in [-0.2, -0.15) is 0 Å². The second kappa shape index (κ2) is 6.42. The Labute approximate surface area is 130 Å². The molecular weight excluding hydrogens is 284 g/mol. The third-order valence-corrected chi connectivity index (χ3v) is 3.48. The molecule has 1 aliphatic heterocycles. The number of hydrogen-bond acceptors (Lipinski definition) is 4. The molecule has 1 aromatic heterocycles. The van der Waals surface area contributed by atoms with Crippen molar-refractivity contribution in [1.82, 2.24) is 10.2 Å². The van der Waals surface area contributed by atoms with Gasteiger partial charge in [-0.1, -0.05) is 0 Å². The number of rotatable bonds is 2. The van der Waals surface area contributed by atoms with E-state index in [0.717, 1.165) is 18.4 Å². The van der Waals surface area contributed by atoms with Gasteiger partial charge in [0.25, 0.3) is 5.91 Å². The maximum absolute atomic E-state index is 12.2. The minimum absolute atomic E-state index is 0.0849. The van der Waals surface area contributed by atoms with Gasteiger partial charge in [-0.05, 0) is 46.6 Å². The molecule has 2 rings (SSSR count). The van der Waals surface area contributed by atoms with Crippen LogP contribution < -0.4 is 5.32 Å². The fraction of sp³-hybridized carbons (Fsp3) is 0.625. The van der Waals surface area contributed by atoms with E-state index < -0.39 is 5.60 Å². The Morgan fingerprint density at radius 1 is 1.41 bits per heavy atom. The van der Waals surface area contributed by atoms with E-state index in [1.807, 2.05) is 27.7 Å². The second-order valence-electron chi connectivity index (χ2n) is 6.67. The maximum atomic E-state index is 12.2. The Kier molecular flexibility index (Phi) is 4.78. The fourth-order valence-corrected chi connectivity index (χ4v) is 2.44. The Morgan fingerprint density at radius 3 is 2.73 bits per heavy atom. The topological polar surface area (TPSA) is 71.8 Å². The summed E-state index contributed by atoms with van der Waals surface area (Å²) in [5.74, 6) is 0.0907. The first-order valence-electron chi connectivity index (χ1n) is 7.59. The van der Waals surface area contributed by atoms with Crippen LogP contribution in [-0.2, 0) is 4.74 Å². The van der Waals surface area contributed by atoms with Crippen molar-refractivity contribution in [2.45, 2.75) is 52.2 Å². The summed E-state index contributed by atoms with van der Waals surface area (Å²) < 4.78 is 10.6. The zero-order valence-corrected chi connectivity index (χ0v) is 13.6. The molecule has 6 heteroatoms. The molecule has 6 nitrogen and oxygen atoms in total. The van der Waals surface area contributed by atoms with Crippen LogP contribution in [0.25, 0.3) is 0 Å². The first-order valence-corrected chi connectivity index (χ1v) is 7.59. The van der Waals surface area contributed by atoms with E-state index in [9.17, 15) is 9.59 Å². The molecule has 1 saturated heterocycles. The summed E-state index contributed by atoms with van der Waals surface area (Å²) in [6.07, 6.45) is 2.84. The van der Waals surface area contributed by atoms with Crippen LogP contribution in [0.2, 0.25) is 0 Å². The van der Waals surface area contributed by atoms with Crippen molar-refractivity contribution in [3.05, 3.63) is 23.7 Å². The number of carbonyl (C=O) groups is 2. The molecular formula is C16H24N2O4. The molecule has 1 aliphatic rings. The van der Waals surface area contributed by atoms with Crippen molar-refractivity contribution >= 4 is 12.0 Å². The van der Waals surface area contributed by atoms with Gasteiger partial charge in [-0.25, -0.2) is 4.79 Å². The fourth-order valence-electron chi connectivity index (χ4n) is 2.44. The highest BCUT2D eigenvalue weighted by Crippen LogP contribution is 2.16. The molecule has 0 bridgehead atoms. The number of carbonyl (C=O) groups excluding carboxylic acids is 2. The number of amides is 2. The molecule has 1 N–H and O–H groups in total. The molecule has 2 heterocycles. The average Bonchev–Trinajstić information content (AvgIpc) is 2.83. The van der Waals surface area contributed by atoms with Crippen LogP contribution in [0.15, 0.2) is 16.7 Å². The quantitative estimate of drug-likeness (QED) is 0.912. The van der Waals surface area contributed by atoms with Gasteiger partial charge >= 0.3 is 6.09 Å². The molecule has 1 aromatic rings. The predicted octanol–water partition coefficient (Wildman–Crippen LogP) is 2.72. The van der Waals surface area contributed by atoms with E-state index in [1.54, 1.807) is 11.0 Å². The summed E-state index contributed by atoms with van der Waals surface area (Å²) in [5.41, 5.74) is 0.288. The van der Waals surface area contributed by atoms with Crippen molar-refractivity contribution in [3.63, 3.8) is 0 Å². The molecule has 22 heavy (non-hydrogen) atoms. The van der Waals surface area contributed by atoms with Crippen molar-refractivity contribution < 1.29 is 18.7 Å². The van der Waals surface area contributed by atoms with Crippen LogP contribution in [0, 0.1) is 6.92 Å². The van der Waals surface area contributed by atoms with Crippen molar-refractivity contribution in [3.8, 4) is 0 Å². The van der Waals surface area contributed by atoms with Crippen LogP contribution in [0.1, 0.15) is 49.7 Å². The Hall–Kier alpha value is -1.98. The van der Waals surface area contributed by atoms with E-state index in [0.29, 0.717) is 18.8 Å². The highest BCUT2D eigenvalue weighted by atomic mass is 16.6. The van der Waals surface area contributed by atoms with Gasteiger partial charge in [0.15, 0.2) is 5.76 Å². The lowest BCUT2D eigenvalue weighted by atomic mass is 10.1. The summed E-state index contributed by atoms with van der Waals surface area (Å²) >= 11 is 0. The maximum Gasteiger partial charge on any atom is 0.410 e. The predicted molar refractivity (Wildman–Crippen MR) is 81.7 cm³/mol. The van der Waals surface area contributed by atoms with Crippen molar-refractivity contribution in [2.75, 3.05) is 13.1 Å². The summed E-state index contributed by atoms with van der Waals surface area (Å²) in [4.78, 5) is 25.9. The molecule has 122 valence electrons. The lowest BCUT2D eigenvalue weighted by Crippen LogP contribution is -2.50. The third kappa shape index (κ3) is 4.26. The molecule has 0 aliphatic carbocycles. The van der Waals surface area contributed by atoms with Crippen molar-refractivity contribution in [1.29, 1.82) is 0 Å². The van der Waals surface area contributed by atoms with E-state index >= 15 is 0 Å². The minimum atomic E-state index is -0.515. The Morgan fingerprint density at radius 2 is 2.14 bits per heavy atom. The second-order valence-corrected chi connectivity index (χ2v) is 6.67. The zero-order chi connectivity index (χ0) is 16.3. The van der Waals surface area contributed by atoms with E-state index in [2.05, 4.69) is 5.32 Å². The SMILES string of the molecule is Cc1ccoc1C(=O)N[C@H]1CCCN(C(=O)OC(C)(C)C)C1. The summed E-state index contributed by atoms with van der Waals surface area (Å²) in [6, 6.07) is 1.67. The summed E-state index contributed by atoms with van der Waals surface area (Å²) in [5, 5.41) is 2.93. The van der Waals surface area contributed by atoms with Crippen molar-refractivity contribution in [2.24, 2.45) is 0 Å². The number of aryl methyl sites for hydroxylation is 1. The van der Waals surface area contributed by atoms with Crippen LogP contribution in [0.4, 0.5) is 4.79 Å². The van der Waals surface area contributed by atoms with E-state index in [1.165, 1.54) is 6.26 Å². The Balaban J connectivity index is 1.92. The molecule has 2 amide bonds. The molecule has 0 saturated carbocycles. The Bertz CT molecular complexity index is 545. The highest BCUT2D eigenvalue weighted by molar-refractivity contribution is 5.93. The van der Waals surface area contributed by atoms with Crippen LogP contribution >= 0.6 is 0 Å². The first kappa shape index (κ1) is 16.4. The normalized spacial score (nSPS) is 18.9. The number of furan rings is 1. The molecule has 0 spiro atoms. The van der Waals surface area contributed by atoms with Gasteiger partial charge in [-0.3, -0.25) is 4.79 Å². The van der Waals surface area contributed by atoms with Gasteiger partial charge < -0.3 is 19.4 Å². The number of hydrogen-bond donors (Lipinski definition) is 1.